The number of benzene rings is 2. The Hall–Kier alpha value is -2.59. The highest BCUT2D eigenvalue weighted by Crippen LogP contribution is 2.38. The predicted molar refractivity (Wildman–Crippen MR) is 107 cm³/mol. The van der Waals surface area contributed by atoms with Crippen molar-refractivity contribution in [3.05, 3.63) is 70.8 Å². The fourth-order valence-corrected chi connectivity index (χ4v) is 3.99. The molecule has 33 heavy (non-hydrogen) atoms. The van der Waals surface area contributed by atoms with Gasteiger partial charge in [-0.3, -0.25) is 9.69 Å². The van der Waals surface area contributed by atoms with E-state index >= 15 is 0 Å². The molecule has 1 fully saturated rings. The van der Waals surface area contributed by atoms with E-state index in [1.54, 1.807) is 12.1 Å². The minimum Gasteiger partial charge on any atom is -0.468 e. The quantitative estimate of drug-likeness (QED) is 0.402. The van der Waals surface area contributed by atoms with Crippen molar-refractivity contribution < 1.29 is 40.6 Å². The number of carbonyl (C=O) groups is 1. The first-order valence-electron chi connectivity index (χ1n) is 10.2. The lowest BCUT2D eigenvalue weighted by molar-refractivity contribution is -0.145. The molecule has 1 heterocycles. The van der Waals surface area contributed by atoms with Crippen molar-refractivity contribution in [2.45, 2.75) is 43.9 Å². The number of hydrogen-bond donors (Lipinski definition) is 0. The molecule has 2 aromatic carbocycles. The molecule has 0 radical (unpaired) electrons. The van der Waals surface area contributed by atoms with Gasteiger partial charge in [-0.2, -0.15) is 26.3 Å². The summed E-state index contributed by atoms with van der Waals surface area (Å²) in [5, 5.41) is 0. The van der Waals surface area contributed by atoms with Gasteiger partial charge < -0.3 is 9.47 Å². The third-order valence-corrected chi connectivity index (χ3v) is 5.49. The Balaban J connectivity index is 1.87. The summed E-state index contributed by atoms with van der Waals surface area (Å²) in [5.74, 6) is -0.454. The van der Waals surface area contributed by atoms with Gasteiger partial charge in [-0.05, 0) is 48.7 Å². The molecule has 10 heteroatoms. The first-order chi connectivity index (χ1) is 15.5. The highest BCUT2D eigenvalue weighted by Gasteiger charge is 2.38. The highest BCUT2D eigenvalue weighted by atomic mass is 19.4. The molecule has 2 aromatic rings. The first kappa shape index (κ1) is 25.0. The van der Waals surface area contributed by atoms with Crippen LogP contribution >= 0.6 is 0 Å². The van der Waals surface area contributed by atoms with E-state index in [1.807, 2.05) is 23.1 Å². The zero-order valence-corrected chi connectivity index (χ0v) is 17.7. The van der Waals surface area contributed by atoms with Gasteiger partial charge in [0.25, 0.3) is 0 Å². The second-order valence-electron chi connectivity index (χ2n) is 7.81. The van der Waals surface area contributed by atoms with Gasteiger partial charge in [0.2, 0.25) is 0 Å². The van der Waals surface area contributed by atoms with Crippen LogP contribution in [-0.2, 0) is 33.2 Å². The number of carbonyl (C=O) groups excluding carboxylic acids is 1. The second kappa shape index (κ2) is 10.1. The Kier molecular flexibility index (Phi) is 7.69. The number of ether oxygens (including phenoxy) is 2. The zero-order valence-electron chi connectivity index (χ0n) is 17.7. The Morgan fingerprint density at radius 2 is 1.61 bits per heavy atom. The van der Waals surface area contributed by atoms with Crippen molar-refractivity contribution >= 4 is 5.97 Å². The Labute approximate surface area is 187 Å². The maximum absolute atomic E-state index is 13.2. The minimum absolute atomic E-state index is 0.0162. The largest absolute Gasteiger partial charge is 0.468 e. The highest BCUT2D eigenvalue weighted by molar-refractivity contribution is 5.71. The number of nitrogens with zero attached hydrogens (tertiary/aromatic N) is 1. The molecule has 0 N–H and O–H groups in total. The van der Waals surface area contributed by atoms with Crippen LogP contribution in [0.5, 0.6) is 0 Å². The van der Waals surface area contributed by atoms with Crippen molar-refractivity contribution in [2.75, 3.05) is 20.2 Å². The molecule has 1 saturated heterocycles. The van der Waals surface area contributed by atoms with Gasteiger partial charge in [-0.15, -0.1) is 0 Å². The van der Waals surface area contributed by atoms with Gasteiger partial charge >= 0.3 is 18.3 Å². The molecule has 180 valence electrons. The fourth-order valence-electron chi connectivity index (χ4n) is 3.99. The lowest BCUT2D eigenvalue weighted by Gasteiger charge is -2.41. The van der Waals surface area contributed by atoms with Crippen LogP contribution in [0, 0.1) is 0 Å². The van der Waals surface area contributed by atoms with E-state index in [2.05, 4.69) is 0 Å². The second-order valence-corrected chi connectivity index (χ2v) is 7.81. The van der Waals surface area contributed by atoms with Crippen LogP contribution in [0.25, 0.3) is 0 Å². The molecule has 0 amide bonds. The van der Waals surface area contributed by atoms with Crippen LogP contribution in [-0.4, -0.2) is 37.2 Å². The van der Waals surface area contributed by atoms with Crippen molar-refractivity contribution in [3.63, 3.8) is 0 Å². The van der Waals surface area contributed by atoms with Crippen LogP contribution in [0.3, 0.4) is 0 Å². The summed E-state index contributed by atoms with van der Waals surface area (Å²) in [7, 11) is 1.27. The maximum atomic E-state index is 13.2. The molecule has 1 aliphatic rings. The van der Waals surface area contributed by atoms with Crippen molar-refractivity contribution in [2.24, 2.45) is 0 Å². The number of hydrogen-bond acceptors (Lipinski definition) is 4. The number of likely N-dealkylation sites (tertiary alicyclic amines) is 1. The van der Waals surface area contributed by atoms with Crippen molar-refractivity contribution in [1.29, 1.82) is 0 Å². The van der Waals surface area contributed by atoms with E-state index in [-0.39, 0.29) is 18.2 Å². The van der Waals surface area contributed by atoms with E-state index in [0.717, 1.165) is 5.56 Å². The Morgan fingerprint density at radius 1 is 1.00 bits per heavy atom. The first-order valence-corrected chi connectivity index (χ1v) is 10.2. The van der Waals surface area contributed by atoms with E-state index < -0.39 is 48.2 Å². The predicted octanol–water partition coefficient (Wildman–Crippen LogP) is 5.62. The standard InChI is InChI=1S/C23H23F6NO3/c1-32-20(31)13-30-9-5-8-19(21(30)16-6-3-2-4-7-16)33-14-15-10-17(22(24,25)26)12-18(11-15)23(27,28)29/h2-4,6-7,10-12,19,21H,5,8-9,13-14H2,1H3. The molecule has 0 bridgehead atoms. The smallest absolute Gasteiger partial charge is 0.416 e. The Morgan fingerprint density at radius 3 is 2.15 bits per heavy atom. The van der Waals surface area contributed by atoms with Crippen molar-refractivity contribution in [3.8, 4) is 0 Å². The summed E-state index contributed by atoms with van der Waals surface area (Å²) in [6, 6.07) is 10.1. The molecule has 0 aliphatic carbocycles. The molecule has 4 nitrogen and oxygen atoms in total. The number of alkyl halides is 6. The molecular weight excluding hydrogens is 452 g/mol. The van der Waals surface area contributed by atoms with E-state index in [9.17, 15) is 31.1 Å². The molecule has 2 unspecified atom stereocenters. The normalized spacial score (nSPS) is 20.0. The molecule has 0 aromatic heterocycles. The third-order valence-electron chi connectivity index (χ3n) is 5.49. The van der Waals surface area contributed by atoms with Gasteiger partial charge in [0.05, 0.1) is 43.5 Å². The van der Waals surface area contributed by atoms with Gasteiger partial charge in [-0.1, -0.05) is 30.3 Å². The SMILES string of the molecule is COC(=O)CN1CCCC(OCc2cc(C(F)(F)F)cc(C(F)(F)F)c2)C1c1ccccc1. The lowest BCUT2D eigenvalue weighted by Crippen LogP contribution is -2.45. The maximum Gasteiger partial charge on any atom is 0.416 e. The summed E-state index contributed by atoms with van der Waals surface area (Å²) >= 11 is 0. The fraction of sp³-hybridized carbons (Fsp3) is 0.435. The van der Waals surface area contributed by atoms with Gasteiger partial charge in [0.1, 0.15) is 0 Å². The molecule has 3 rings (SSSR count). The number of halogens is 6. The van der Waals surface area contributed by atoms with Crippen molar-refractivity contribution in [1.82, 2.24) is 4.90 Å². The van der Waals surface area contributed by atoms with Crippen LogP contribution in [0.4, 0.5) is 26.3 Å². The summed E-state index contributed by atoms with van der Waals surface area (Å²) in [6.45, 7) is 0.112. The van der Waals surface area contributed by atoms with Crippen LogP contribution in [0.1, 0.15) is 41.1 Å². The summed E-state index contributed by atoms with van der Waals surface area (Å²) < 4.78 is 89.6. The lowest BCUT2D eigenvalue weighted by atomic mass is 9.92. The number of rotatable bonds is 6. The molecule has 2 atom stereocenters. The zero-order chi connectivity index (χ0) is 24.2. The van der Waals surface area contributed by atoms with Gasteiger partial charge in [0, 0.05) is 0 Å². The molecule has 0 spiro atoms. The van der Waals surface area contributed by atoms with E-state index in [1.165, 1.54) is 7.11 Å². The van der Waals surface area contributed by atoms with Crippen LogP contribution < -0.4 is 0 Å². The number of piperidine rings is 1. The number of esters is 1. The van der Waals surface area contributed by atoms with Gasteiger partial charge in [-0.25, -0.2) is 0 Å². The molecular formula is C23H23F6NO3. The third kappa shape index (κ3) is 6.48. The molecule has 1 aliphatic heterocycles. The summed E-state index contributed by atoms with van der Waals surface area (Å²) in [5.41, 5.74) is -2.17. The van der Waals surface area contributed by atoms with Crippen LogP contribution in [0.2, 0.25) is 0 Å². The van der Waals surface area contributed by atoms with E-state index in [4.69, 9.17) is 9.47 Å². The monoisotopic (exact) mass is 475 g/mol. The Bertz CT molecular complexity index is 913. The molecule has 0 saturated carbocycles. The topological polar surface area (TPSA) is 38.8 Å². The number of methoxy groups -OCH3 is 1. The minimum atomic E-state index is -4.93. The van der Waals surface area contributed by atoms with Gasteiger partial charge in [0.15, 0.2) is 0 Å². The van der Waals surface area contributed by atoms with Crippen LogP contribution in [0.15, 0.2) is 48.5 Å². The summed E-state index contributed by atoms with van der Waals surface area (Å²) in [4.78, 5) is 13.7. The van der Waals surface area contributed by atoms with E-state index in [0.29, 0.717) is 31.5 Å². The average Bonchev–Trinajstić information content (AvgIpc) is 2.77. The average molecular weight is 475 g/mol. The summed E-state index contributed by atoms with van der Waals surface area (Å²) in [6.07, 6.45) is -9.23.